The summed E-state index contributed by atoms with van der Waals surface area (Å²) in [7, 11) is 0. The van der Waals surface area contributed by atoms with Gasteiger partial charge in [-0.25, -0.2) is 4.39 Å². The molecule has 0 aromatic heterocycles. The van der Waals surface area contributed by atoms with Crippen LogP contribution in [0.3, 0.4) is 0 Å². The third kappa shape index (κ3) is 4.16. The van der Waals surface area contributed by atoms with Gasteiger partial charge in [-0.2, -0.15) is 18.7 Å². The van der Waals surface area contributed by atoms with Gasteiger partial charge in [-0.15, -0.1) is 6.58 Å². The zero-order valence-electron chi connectivity index (χ0n) is 11.0. The van der Waals surface area contributed by atoms with E-state index >= 15 is 0 Å². The summed E-state index contributed by atoms with van der Waals surface area (Å²) in [6.07, 6.45) is -3.71. The minimum Gasteiger partial charge on any atom is -0.363 e. The second kappa shape index (κ2) is 7.01. The molecule has 2 N–H and O–H groups in total. The molecule has 0 aliphatic heterocycles. The first kappa shape index (κ1) is 16.9. The summed E-state index contributed by atoms with van der Waals surface area (Å²) in [6.45, 7) is 4.12. The molecule has 0 spiro atoms. The molecule has 0 saturated carbocycles. The Morgan fingerprint density at radius 3 is 2.70 bits per heavy atom. The van der Waals surface area contributed by atoms with Crippen molar-refractivity contribution < 1.29 is 27.5 Å². The van der Waals surface area contributed by atoms with Crippen molar-refractivity contribution in [3.63, 3.8) is 0 Å². The van der Waals surface area contributed by atoms with Crippen LogP contribution in [0.1, 0.15) is 19.8 Å². The van der Waals surface area contributed by atoms with Crippen LogP contribution in [0.25, 0.3) is 0 Å². The number of allylic oxidation sites excluding steroid dienone is 2. The smallest absolute Gasteiger partial charge is 0.363 e. The van der Waals surface area contributed by atoms with Gasteiger partial charge in [0.25, 0.3) is 0 Å². The van der Waals surface area contributed by atoms with Crippen LogP contribution in [0.15, 0.2) is 35.7 Å². The number of nitrogens with one attached hydrogen (secondary N) is 1. The fourth-order valence-corrected chi connectivity index (χ4v) is 1.95. The molecule has 1 aliphatic rings. The van der Waals surface area contributed by atoms with Crippen LogP contribution in [0.2, 0.25) is 0 Å². The predicted octanol–water partition coefficient (Wildman–Crippen LogP) is 3.43. The Hall–Kier alpha value is -1.18. The van der Waals surface area contributed by atoms with Crippen molar-refractivity contribution >= 4 is 0 Å². The molecule has 0 amide bonds. The maximum Gasteiger partial charge on any atom is 0.418 e. The summed E-state index contributed by atoms with van der Waals surface area (Å²) in [5.41, 5.74) is 2.58. The van der Waals surface area contributed by atoms with E-state index in [0.717, 1.165) is 0 Å². The Labute approximate surface area is 114 Å². The average Bonchev–Trinajstić information content (AvgIpc) is 2.37. The van der Waals surface area contributed by atoms with Gasteiger partial charge < -0.3 is 9.94 Å². The van der Waals surface area contributed by atoms with Crippen molar-refractivity contribution in [3.8, 4) is 0 Å². The van der Waals surface area contributed by atoms with E-state index < -0.39 is 24.9 Å². The first-order valence-electron chi connectivity index (χ1n) is 6.07. The summed E-state index contributed by atoms with van der Waals surface area (Å²) in [6, 6.07) is -0.925. The molecule has 0 aromatic carbocycles. The first-order valence-corrected chi connectivity index (χ1v) is 6.07. The molecule has 3 nitrogen and oxygen atoms in total. The monoisotopic (exact) mass is 295 g/mol. The first-order chi connectivity index (χ1) is 9.31. The van der Waals surface area contributed by atoms with Crippen molar-refractivity contribution in [1.29, 1.82) is 0 Å². The van der Waals surface area contributed by atoms with E-state index in [1.165, 1.54) is 6.92 Å². The van der Waals surface area contributed by atoms with Crippen LogP contribution < -0.4 is 5.48 Å². The Balaban J connectivity index is 2.74. The molecular weight excluding hydrogens is 278 g/mol. The Morgan fingerprint density at radius 2 is 2.20 bits per heavy atom. The molecule has 7 heteroatoms. The van der Waals surface area contributed by atoms with Crippen LogP contribution in [0.4, 0.5) is 17.6 Å². The quantitative estimate of drug-likeness (QED) is 0.448. The molecule has 0 bridgehead atoms. The zero-order chi connectivity index (χ0) is 15.3. The van der Waals surface area contributed by atoms with Crippen molar-refractivity contribution in [2.45, 2.75) is 38.1 Å². The van der Waals surface area contributed by atoms with Gasteiger partial charge in [-0.05, 0) is 24.5 Å². The maximum absolute atomic E-state index is 13.5. The molecule has 20 heavy (non-hydrogen) atoms. The second-order valence-corrected chi connectivity index (χ2v) is 4.44. The molecular formula is C13H17F4NO2. The number of halogens is 4. The van der Waals surface area contributed by atoms with Crippen LogP contribution >= 0.6 is 0 Å². The van der Waals surface area contributed by atoms with Crippen molar-refractivity contribution in [1.82, 2.24) is 5.48 Å². The topological polar surface area (TPSA) is 41.5 Å². The largest absolute Gasteiger partial charge is 0.418 e. The highest BCUT2D eigenvalue weighted by atomic mass is 19.4. The van der Waals surface area contributed by atoms with E-state index in [1.54, 1.807) is 6.08 Å². The van der Waals surface area contributed by atoms with Gasteiger partial charge in [0, 0.05) is 6.42 Å². The van der Waals surface area contributed by atoms with E-state index in [4.69, 9.17) is 9.94 Å². The third-order valence-electron chi connectivity index (χ3n) is 3.08. The number of rotatable bonds is 6. The number of hydroxylamine groups is 1. The molecule has 0 radical (unpaired) electrons. The van der Waals surface area contributed by atoms with Gasteiger partial charge >= 0.3 is 6.18 Å². The molecule has 0 saturated heterocycles. The lowest BCUT2D eigenvalue weighted by molar-refractivity contribution is -0.205. The summed E-state index contributed by atoms with van der Waals surface area (Å²) in [5.74, 6) is -0.334. The second-order valence-electron chi connectivity index (χ2n) is 4.44. The van der Waals surface area contributed by atoms with Crippen LogP contribution in [-0.4, -0.2) is 30.1 Å². The lowest BCUT2D eigenvalue weighted by Gasteiger charge is -2.25. The van der Waals surface area contributed by atoms with Crippen molar-refractivity contribution in [2.24, 2.45) is 0 Å². The van der Waals surface area contributed by atoms with Gasteiger partial charge in [-0.1, -0.05) is 12.2 Å². The van der Waals surface area contributed by atoms with Crippen molar-refractivity contribution in [2.75, 3.05) is 6.61 Å². The Morgan fingerprint density at radius 1 is 1.55 bits per heavy atom. The van der Waals surface area contributed by atoms with E-state index in [-0.39, 0.29) is 12.2 Å². The number of hydrogen-bond donors (Lipinski definition) is 2. The highest BCUT2D eigenvalue weighted by Gasteiger charge is 2.39. The normalized spacial score (nSPS) is 19.6. The van der Waals surface area contributed by atoms with Crippen LogP contribution in [0, 0.1) is 0 Å². The summed E-state index contributed by atoms with van der Waals surface area (Å²) < 4.78 is 55.6. The molecule has 1 rings (SSSR count). The number of hydrogen-bond acceptors (Lipinski definition) is 3. The van der Waals surface area contributed by atoms with Gasteiger partial charge in [0.05, 0.1) is 12.6 Å². The summed E-state index contributed by atoms with van der Waals surface area (Å²) in [5, 5.41) is 9.05. The minimum atomic E-state index is -4.57. The predicted molar refractivity (Wildman–Crippen MR) is 65.8 cm³/mol. The highest BCUT2D eigenvalue weighted by molar-refractivity contribution is 5.38. The lowest BCUT2D eigenvalue weighted by Crippen LogP contribution is -2.38. The number of ether oxygens (including phenoxy) is 1. The summed E-state index contributed by atoms with van der Waals surface area (Å²) in [4.78, 5) is 0. The van der Waals surface area contributed by atoms with Crippen LogP contribution in [0.5, 0.6) is 0 Å². The maximum atomic E-state index is 13.5. The molecule has 1 aliphatic carbocycles. The standard InChI is InChI=1S/C13H17F4NO2/c1-3-12(13(15,16)17)20-7-11(18-19)9-5-4-6-10(14)8(9)2/h3,5,11-12,18-19H,1,4,6-7H2,2H3/t11?,12-/m0/s1. The lowest BCUT2D eigenvalue weighted by atomic mass is 9.93. The van der Waals surface area contributed by atoms with Gasteiger partial charge in [0.2, 0.25) is 0 Å². The SMILES string of the molecule is C=C[C@H](OCC(NO)C1=CCCC(F)=C1C)C(F)(F)F. The number of alkyl halides is 3. The average molecular weight is 295 g/mol. The summed E-state index contributed by atoms with van der Waals surface area (Å²) >= 11 is 0. The molecule has 2 atom stereocenters. The fourth-order valence-electron chi connectivity index (χ4n) is 1.95. The Bertz CT molecular complexity index is 415. The molecule has 0 heterocycles. The molecule has 1 unspecified atom stereocenters. The van der Waals surface area contributed by atoms with E-state index in [9.17, 15) is 17.6 Å². The van der Waals surface area contributed by atoms with E-state index in [2.05, 4.69) is 6.58 Å². The van der Waals surface area contributed by atoms with Crippen molar-refractivity contribution in [3.05, 3.63) is 35.7 Å². The van der Waals surface area contributed by atoms with Gasteiger partial charge in [0.1, 0.15) is 5.83 Å². The Kier molecular flexibility index (Phi) is 5.91. The fraction of sp³-hybridized carbons (Fsp3) is 0.538. The molecule has 0 fully saturated rings. The van der Waals surface area contributed by atoms with Gasteiger partial charge in [-0.3, -0.25) is 0 Å². The highest BCUT2D eigenvalue weighted by Crippen LogP contribution is 2.29. The molecule has 0 aromatic rings. The minimum absolute atomic E-state index is 0.256. The van der Waals surface area contributed by atoms with Gasteiger partial charge in [0.15, 0.2) is 6.10 Å². The van der Waals surface area contributed by atoms with Crippen LogP contribution in [-0.2, 0) is 4.74 Å². The van der Waals surface area contributed by atoms with E-state index in [1.807, 2.05) is 5.48 Å². The molecule has 114 valence electrons. The third-order valence-corrected chi connectivity index (χ3v) is 3.08. The zero-order valence-corrected chi connectivity index (χ0v) is 11.0. The van der Waals surface area contributed by atoms with E-state index in [0.29, 0.717) is 23.6 Å².